The maximum atomic E-state index is 12.3. The molecule has 1 unspecified atom stereocenters. The lowest BCUT2D eigenvalue weighted by molar-refractivity contribution is -0.137. The van der Waals surface area contributed by atoms with Gasteiger partial charge in [-0.3, -0.25) is 4.79 Å². The summed E-state index contributed by atoms with van der Waals surface area (Å²) in [5.41, 5.74) is 2.64. The molecule has 27 heavy (non-hydrogen) atoms. The molecule has 1 aliphatic heterocycles. The molecule has 1 saturated heterocycles. The van der Waals surface area contributed by atoms with Gasteiger partial charge in [-0.2, -0.15) is 0 Å². The molecule has 2 bridgehead atoms. The van der Waals surface area contributed by atoms with Crippen molar-refractivity contribution < 1.29 is 14.3 Å². The zero-order valence-corrected chi connectivity index (χ0v) is 17.3. The Hall–Kier alpha value is -1.55. The van der Waals surface area contributed by atoms with E-state index in [1.165, 1.54) is 18.4 Å². The Morgan fingerprint density at radius 1 is 1.37 bits per heavy atom. The van der Waals surface area contributed by atoms with E-state index < -0.39 is 0 Å². The number of ether oxygens (including phenoxy) is 2. The highest BCUT2D eigenvalue weighted by molar-refractivity contribution is 5.76. The highest BCUT2D eigenvalue weighted by Crippen LogP contribution is 2.70. The van der Waals surface area contributed by atoms with Crippen LogP contribution >= 0.6 is 0 Å². The van der Waals surface area contributed by atoms with E-state index in [4.69, 9.17) is 9.47 Å². The standard InChI is InChI=1S/C23H33NO3/c1-6-19(25)24-21-22(3,4)15-12-17-20(27-10-9-23(17,21)13-15)16-8-7-14(2)11-18(16)26-5/h7-8,11,15,17,20-21H,6,9-10,12-13H2,1-5H3,(H,24,25)/t15-,17-,20-,21-,23?/m1/s1. The van der Waals surface area contributed by atoms with Crippen LogP contribution in [0.25, 0.3) is 0 Å². The van der Waals surface area contributed by atoms with E-state index in [1.807, 2.05) is 6.92 Å². The SMILES string of the molecule is CCC(=O)N[C@@H]1C(C)(C)[C@@H]2C[C@@H]3[C@@H](c4ccc(C)cc4OC)OCCC31C2. The molecule has 5 atom stereocenters. The molecule has 2 aliphatic carbocycles. The van der Waals surface area contributed by atoms with Crippen LogP contribution in [0.15, 0.2) is 18.2 Å². The van der Waals surface area contributed by atoms with Crippen LogP contribution in [0.2, 0.25) is 0 Å². The molecule has 4 nitrogen and oxygen atoms in total. The monoisotopic (exact) mass is 371 g/mol. The number of hydrogen-bond acceptors (Lipinski definition) is 3. The van der Waals surface area contributed by atoms with Gasteiger partial charge in [0.05, 0.1) is 13.2 Å². The van der Waals surface area contributed by atoms with Crippen LogP contribution in [-0.4, -0.2) is 25.7 Å². The van der Waals surface area contributed by atoms with E-state index in [1.54, 1.807) is 7.11 Å². The number of aryl methyl sites for hydroxylation is 1. The predicted molar refractivity (Wildman–Crippen MR) is 106 cm³/mol. The lowest BCUT2D eigenvalue weighted by Crippen LogP contribution is -2.58. The number of rotatable bonds is 4. The van der Waals surface area contributed by atoms with Crippen LogP contribution in [0.4, 0.5) is 0 Å². The number of hydrogen-bond donors (Lipinski definition) is 1. The Labute approximate surface area is 163 Å². The second-order valence-electron chi connectivity index (χ2n) is 9.44. The molecule has 1 aromatic carbocycles. The first kappa shape index (κ1) is 18.8. The van der Waals surface area contributed by atoms with Gasteiger partial charge in [0.25, 0.3) is 0 Å². The molecular weight excluding hydrogens is 338 g/mol. The summed E-state index contributed by atoms with van der Waals surface area (Å²) in [6.07, 6.45) is 4.01. The van der Waals surface area contributed by atoms with Gasteiger partial charge in [0.15, 0.2) is 0 Å². The van der Waals surface area contributed by atoms with Crippen molar-refractivity contribution in [3.05, 3.63) is 29.3 Å². The number of methoxy groups -OCH3 is 1. The number of amides is 1. The first-order valence-corrected chi connectivity index (χ1v) is 10.4. The zero-order valence-electron chi connectivity index (χ0n) is 17.3. The number of fused-ring (bicyclic) bond motifs is 1. The molecule has 1 N–H and O–H groups in total. The maximum Gasteiger partial charge on any atom is 0.219 e. The Balaban J connectivity index is 1.72. The third kappa shape index (κ3) is 2.71. The highest BCUT2D eigenvalue weighted by atomic mass is 16.5. The lowest BCUT2D eigenvalue weighted by Gasteiger charge is -2.53. The van der Waals surface area contributed by atoms with Gasteiger partial charge in [0.2, 0.25) is 5.91 Å². The number of carbonyl (C=O) groups is 1. The third-order valence-electron chi connectivity index (χ3n) is 7.83. The molecule has 0 radical (unpaired) electrons. The molecule has 3 aliphatic rings. The average molecular weight is 372 g/mol. The van der Waals surface area contributed by atoms with Gasteiger partial charge in [-0.1, -0.05) is 32.9 Å². The number of benzene rings is 1. The molecule has 0 aromatic heterocycles. The second-order valence-corrected chi connectivity index (χ2v) is 9.44. The Morgan fingerprint density at radius 2 is 2.15 bits per heavy atom. The minimum Gasteiger partial charge on any atom is -0.496 e. The van der Waals surface area contributed by atoms with Crippen LogP contribution < -0.4 is 10.1 Å². The summed E-state index contributed by atoms with van der Waals surface area (Å²) in [7, 11) is 1.74. The largest absolute Gasteiger partial charge is 0.496 e. The number of nitrogens with one attached hydrogen (secondary N) is 1. The molecule has 1 heterocycles. The van der Waals surface area contributed by atoms with Gasteiger partial charge in [-0.15, -0.1) is 0 Å². The van der Waals surface area contributed by atoms with E-state index in [9.17, 15) is 4.79 Å². The van der Waals surface area contributed by atoms with Gasteiger partial charge in [-0.05, 0) is 60.5 Å². The van der Waals surface area contributed by atoms with Gasteiger partial charge >= 0.3 is 0 Å². The van der Waals surface area contributed by atoms with E-state index in [0.717, 1.165) is 24.3 Å². The van der Waals surface area contributed by atoms with Crippen LogP contribution in [0.3, 0.4) is 0 Å². The first-order chi connectivity index (χ1) is 12.8. The summed E-state index contributed by atoms with van der Waals surface area (Å²) in [4.78, 5) is 12.3. The summed E-state index contributed by atoms with van der Waals surface area (Å²) in [5.74, 6) is 2.16. The Kier molecular flexibility index (Phi) is 4.53. The predicted octanol–water partition coefficient (Wildman–Crippen LogP) is 4.41. The molecule has 1 aromatic rings. The van der Waals surface area contributed by atoms with E-state index >= 15 is 0 Å². The van der Waals surface area contributed by atoms with Crippen LogP contribution in [0.5, 0.6) is 5.75 Å². The quantitative estimate of drug-likeness (QED) is 0.853. The molecule has 1 amide bonds. The molecule has 3 fully saturated rings. The van der Waals surface area contributed by atoms with Gasteiger partial charge < -0.3 is 14.8 Å². The van der Waals surface area contributed by atoms with E-state index in [-0.39, 0.29) is 28.9 Å². The highest BCUT2D eigenvalue weighted by Gasteiger charge is 2.68. The van der Waals surface area contributed by atoms with E-state index in [0.29, 0.717) is 18.3 Å². The topological polar surface area (TPSA) is 47.6 Å². The second kappa shape index (κ2) is 6.51. The Morgan fingerprint density at radius 3 is 2.85 bits per heavy atom. The van der Waals surface area contributed by atoms with Crippen LogP contribution in [0, 0.1) is 29.6 Å². The average Bonchev–Trinajstić information content (AvgIpc) is 3.14. The fourth-order valence-electron chi connectivity index (χ4n) is 6.41. The van der Waals surface area contributed by atoms with Crippen LogP contribution in [0.1, 0.15) is 63.7 Å². The molecular formula is C23H33NO3. The number of carbonyl (C=O) groups excluding carboxylic acids is 1. The third-order valence-corrected chi connectivity index (χ3v) is 7.83. The van der Waals surface area contributed by atoms with Gasteiger partial charge in [0, 0.05) is 24.6 Å². The summed E-state index contributed by atoms with van der Waals surface area (Å²) < 4.78 is 12.1. The zero-order chi connectivity index (χ0) is 19.4. The summed E-state index contributed by atoms with van der Waals surface area (Å²) >= 11 is 0. The molecule has 148 valence electrons. The van der Waals surface area contributed by atoms with Crippen molar-refractivity contribution in [2.24, 2.45) is 22.7 Å². The molecule has 2 saturated carbocycles. The Bertz CT molecular complexity index is 743. The minimum atomic E-state index is 0.0522. The smallest absolute Gasteiger partial charge is 0.219 e. The van der Waals surface area contributed by atoms with Gasteiger partial charge in [-0.25, -0.2) is 0 Å². The molecule has 4 heteroatoms. The lowest BCUT2D eigenvalue weighted by atomic mass is 9.58. The van der Waals surface area contributed by atoms with Crippen molar-refractivity contribution in [1.29, 1.82) is 0 Å². The van der Waals surface area contributed by atoms with Crippen molar-refractivity contribution in [2.75, 3.05) is 13.7 Å². The fraction of sp³-hybridized carbons (Fsp3) is 0.696. The van der Waals surface area contributed by atoms with Crippen molar-refractivity contribution in [3.63, 3.8) is 0 Å². The maximum absolute atomic E-state index is 12.3. The summed E-state index contributed by atoms with van der Waals surface area (Å²) in [6.45, 7) is 9.47. The van der Waals surface area contributed by atoms with Gasteiger partial charge in [0.1, 0.15) is 5.75 Å². The van der Waals surface area contributed by atoms with Crippen molar-refractivity contribution >= 4 is 5.91 Å². The van der Waals surface area contributed by atoms with Crippen molar-refractivity contribution in [1.82, 2.24) is 5.32 Å². The van der Waals surface area contributed by atoms with Crippen molar-refractivity contribution in [2.45, 2.75) is 65.5 Å². The summed E-state index contributed by atoms with van der Waals surface area (Å²) in [5, 5.41) is 3.42. The van der Waals surface area contributed by atoms with E-state index in [2.05, 4.69) is 44.3 Å². The van der Waals surface area contributed by atoms with Crippen LogP contribution in [-0.2, 0) is 9.53 Å². The van der Waals surface area contributed by atoms with Crippen molar-refractivity contribution in [3.8, 4) is 5.75 Å². The fourth-order valence-corrected chi connectivity index (χ4v) is 6.41. The minimum absolute atomic E-state index is 0.0522. The first-order valence-electron chi connectivity index (χ1n) is 10.4. The summed E-state index contributed by atoms with van der Waals surface area (Å²) in [6, 6.07) is 6.65. The molecule has 4 rings (SSSR count). The molecule has 1 spiro atoms. The normalized spacial score (nSPS) is 36.3.